The third kappa shape index (κ3) is 5.10. The van der Waals surface area contributed by atoms with E-state index in [4.69, 9.17) is 10.5 Å². The number of rotatable bonds is 8. The van der Waals surface area contributed by atoms with Crippen molar-refractivity contribution >= 4 is 25.3 Å². The Kier molecular flexibility index (Phi) is 7.03. The van der Waals surface area contributed by atoms with Crippen molar-refractivity contribution in [1.29, 1.82) is 0 Å². The van der Waals surface area contributed by atoms with Crippen LogP contribution in [0.25, 0.3) is 5.57 Å². The van der Waals surface area contributed by atoms with Crippen molar-refractivity contribution in [1.82, 2.24) is 9.78 Å². The molecule has 1 aromatic rings. The highest BCUT2D eigenvalue weighted by Gasteiger charge is 2.28. The highest BCUT2D eigenvalue weighted by Crippen LogP contribution is 2.29. The zero-order valence-corrected chi connectivity index (χ0v) is 15.1. The molecule has 6 nitrogen and oxygen atoms in total. The molecule has 10 heteroatoms. The lowest BCUT2D eigenvalue weighted by molar-refractivity contribution is 0.0519. The van der Waals surface area contributed by atoms with Crippen LogP contribution in [-0.4, -0.2) is 44.0 Å². The van der Waals surface area contributed by atoms with Gasteiger partial charge in [0.2, 0.25) is 0 Å². The predicted octanol–water partition coefficient (Wildman–Crippen LogP) is 3.14. The van der Waals surface area contributed by atoms with Crippen LogP contribution in [0, 0.1) is 0 Å². The van der Waals surface area contributed by atoms with Crippen molar-refractivity contribution in [3.8, 4) is 0 Å². The molecular formula is C14H22F3N3O3Si. The van der Waals surface area contributed by atoms with E-state index in [9.17, 15) is 18.0 Å². The summed E-state index contributed by atoms with van der Waals surface area (Å²) in [6.07, 6.45) is -3.40. The molecule has 0 bridgehead atoms. The highest BCUT2D eigenvalue weighted by molar-refractivity contribution is 6.76. The molecule has 0 aliphatic rings. The summed E-state index contributed by atoms with van der Waals surface area (Å²) in [5.74, 6) is -0.868. The van der Waals surface area contributed by atoms with Crippen molar-refractivity contribution < 1.29 is 27.4 Å². The molecule has 0 atom stereocenters. The molecule has 2 N–H and O–H groups in total. The molecule has 136 valence electrons. The number of nitrogen functional groups attached to an aromatic ring is 1. The Balaban J connectivity index is 3.08. The maximum absolute atomic E-state index is 12.9. The van der Waals surface area contributed by atoms with E-state index in [0.717, 1.165) is 17.8 Å². The second kappa shape index (κ2) is 8.33. The molecule has 0 aliphatic heterocycles. The topological polar surface area (TPSA) is 79.4 Å². The largest absolute Gasteiger partial charge is 0.464 e. The molecule has 0 aromatic carbocycles. The van der Waals surface area contributed by atoms with E-state index >= 15 is 0 Å². The van der Waals surface area contributed by atoms with Gasteiger partial charge in [0, 0.05) is 14.7 Å². The van der Waals surface area contributed by atoms with Gasteiger partial charge in [-0.1, -0.05) is 19.6 Å². The summed E-state index contributed by atoms with van der Waals surface area (Å²) >= 11 is 0. The van der Waals surface area contributed by atoms with Crippen LogP contribution in [0.3, 0.4) is 0 Å². The fraction of sp³-hybridized carbons (Fsp3) is 0.571. The van der Waals surface area contributed by atoms with E-state index in [-0.39, 0.29) is 24.4 Å². The fourth-order valence-corrected chi connectivity index (χ4v) is 2.58. The number of nitrogens with two attached hydrogens (primary N) is 1. The van der Waals surface area contributed by atoms with Crippen LogP contribution < -0.4 is 5.73 Å². The Hall–Kier alpha value is -1.81. The predicted molar refractivity (Wildman–Crippen MR) is 87.2 cm³/mol. The summed E-state index contributed by atoms with van der Waals surface area (Å²) in [6, 6.07) is 0.872. The molecule has 1 aromatic heterocycles. The number of ether oxygens (including phenoxy) is 2. The SMILES string of the molecule is COC(=O)c1c(N)c(C(=CF)C(F)F)nn1COCC[Si](C)(C)C. The zero-order valence-electron chi connectivity index (χ0n) is 14.1. The van der Waals surface area contributed by atoms with Gasteiger partial charge in [0.1, 0.15) is 12.4 Å². The minimum Gasteiger partial charge on any atom is -0.464 e. The third-order valence-electron chi connectivity index (χ3n) is 3.20. The average Bonchev–Trinajstić information content (AvgIpc) is 2.79. The van der Waals surface area contributed by atoms with Crippen molar-refractivity contribution in [3.05, 3.63) is 17.7 Å². The number of aromatic nitrogens is 2. The Labute approximate surface area is 139 Å². The molecule has 0 amide bonds. The number of alkyl halides is 2. The average molecular weight is 365 g/mol. The van der Waals surface area contributed by atoms with Crippen LogP contribution in [0.5, 0.6) is 0 Å². The lowest BCUT2D eigenvalue weighted by atomic mass is 10.1. The van der Waals surface area contributed by atoms with Gasteiger partial charge in [0.25, 0.3) is 6.43 Å². The van der Waals surface area contributed by atoms with Crippen LogP contribution in [0.2, 0.25) is 25.7 Å². The highest BCUT2D eigenvalue weighted by atomic mass is 28.3. The summed E-state index contributed by atoms with van der Waals surface area (Å²) in [7, 11) is -0.196. The van der Waals surface area contributed by atoms with Crippen LogP contribution in [0.4, 0.5) is 18.9 Å². The van der Waals surface area contributed by atoms with Crippen molar-refractivity contribution in [2.75, 3.05) is 19.5 Å². The summed E-state index contributed by atoms with van der Waals surface area (Å²) < 4.78 is 49.5. The molecule has 1 rings (SSSR count). The van der Waals surface area contributed by atoms with Gasteiger partial charge in [-0.3, -0.25) is 0 Å². The number of halogens is 3. The Morgan fingerprint density at radius 3 is 2.50 bits per heavy atom. The van der Waals surface area contributed by atoms with E-state index in [2.05, 4.69) is 29.5 Å². The number of esters is 1. The van der Waals surface area contributed by atoms with Gasteiger partial charge < -0.3 is 15.2 Å². The number of allylic oxidation sites excluding steroid dienone is 1. The molecular weight excluding hydrogens is 343 g/mol. The number of carbonyl (C=O) groups is 1. The summed E-state index contributed by atoms with van der Waals surface area (Å²) in [4.78, 5) is 11.8. The van der Waals surface area contributed by atoms with E-state index in [1.165, 1.54) is 0 Å². The third-order valence-corrected chi connectivity index (χ3v) is 4.91. The number of methoxy groups -OCH3 is 1. The molecule has 0 saturated carbocycles. The lowest BCUT2D eigenvalue weighted by Gasteiger charge is -2.15. The maximum atomic E-state index is 12.9. The molecule has 24 heavy (non-hydrogen) atoms. The van der Waals surface area contributed by atoms with Gasteiger partial charge in [-0.15, -0.1) is 0 Å². The van der Waals surface area contributed by atoms with E-state index in [1.807, 2.05) is 0 Å². The summed E-state index contributed by atoms with van der Waals surface area (Å²) in [6.45, 7) is 6.75. The van der Waals surface area contributed by atoms with Crippen LogP contribution in [0.1, 0.15) is 16.2 Å². The van der Waals surface area contributed by atoms with Crippen LogP contribution in [-0.2, 0) is 16.2 Å². The number of hydrogen-bond acceptors (Lipinski definition) is 5. The standard InChI is InChI=1S/C14H22F3N3O3Si/c1-22-14(21)12-10(18)11(9(7-15)13(16)17)19-20(12)8-23-5-6-24(2,3)4/h7,13H,5-6,8,18H2,1-4H3. The molecule has 0 radical (unpaired) electrons. The Morgan fingerprint density at radius 2 is 2.04 bits per heavy atom. The normalized spacial score (nSPS) is 12.8. The first-order valence-corrected chi connectivity index (χ1v) is 10.9. The van der Waals surface area contributed by atoms with Gasteiger partial charge >= 0.3 is 5.97 Å². The van der Waals surface area contributed by atoms with Crippen LogP contribution in [0.15, 0.2) is 6.33 Å². The van der Waals surface area contributed by atoms with E-state index in [1.54, 1.807) is 0 Å². The first-order chi connectivity index (χ1) is 11.1. The van der Waals surface area contributed by atoms with Gasteiger partial charge in [0.15, 0.2) is 5.69 Å². The monoisotopic (exact) mass is 365 g/mol. The molecule has 0 spiro atoms. The molecule has 0 fully saturated rings. The van der Waals surface area contributed by atoms with Crippen molar-refractivity contribution in [2.24, 2.45) is 0 Å². The molecule has 1 heterocycles. The van der Waals surface area contributed by atoms with Gasteiger partial charge in [-0.25, -0.2) is 22.6 Å². The summed E-state index contributed by atoms with van der Waals surface area (Å²) in [5.41, 5.74) is 3.57. The number of anilines is 1. The van der Waals surface area contributed by atoms with Crippen molar-refractivity contribution in [3.63, 3.8) is 0 Å². The number of carbonyl (C=O) groups excluding carboxylic acids is 1. The molecule has 0 unspecified atom stereocenters. The van der Waals surface area contributed by atoms with E-state index in [0.29, 0.717) is 6.61 Å². The van der Waals surface area contributed by atoms with Gasteiger partial charge in [0.05, 0.1) is 24.7 Å². The quantitative estimate of drug-likeness (QED) is 0.435. The zero-order chi connectivity index (χ0) is 18.5. The second-order valence-corrected chi connectivity index (χ2v) is 11.9. The lowest BCUT2D eigenvalue weighted by Crippen LogP contribution is -2.22. The molecule has 0 aliphatic carbocycles. The number of nitrogens with zero attached hydrogens (tertiary/aromatic N) is 2. The smallest absolute Gasteiger partial charge is 0.358 e. The van der Waals surface area contributed by atoms with E-state index < -0.39 is 31.7 Å². The Bertz CT molecular complexity index is 612. The Morgan fingerprint density at radius 1 is 1.42 bits per heavy atom. The van der Waals surface area contributed by atoms with Gasteiger partial charge in [-0.05, 0) is 6.04 Å². The first kappa shape index (κ1) is 20.2. The summed E-state index contributed by atoms with van der Waals surface area (Å²) in [5, 5.41) is 3.79. The van der Waals surface area contributed by atoms with Crippen LogP contribution >= 0.6 is 0 Å². The minimum absolute atomic E-state index is 0.179. The fourth-order valence-electron chi connectivity index (χ4n) is 1.83. The first-order valence-electron chi connectivity index (χ1n) is 7.23. The van der Waals surface area contributed by atoms with Crippen molar-refractivity contribution in [2.45, 2.75) is 38.8 Å². The second-order valence-electron chi connectivity index (χ2n) is 6.32. The van der Waals surface area contributed by atoms with Gasteiger partial charge in [-0.2, -0.15) is 5.10 Å². The number of hydrogen-bond donors (Lipinski definition) is 1. The minimum atomic E-state index is -3.13. The maximum Gasteiger partial charge on any atom is 0.358 e. The molecule has 0 saturated heterocycles.